The van der Waals surface area contributed by atoms with Crippen molar-refractivity contribution in [3.05, 3.63) is 84.8 Å². The normalized spacial score (nSPS) is 23.4. The Morgan fingerprint density at radius 1 is 0.889 bits per heavy atom. The molecule has 0 aliphatic heterocycles. The third-order valence-corrected chi connectivity index (χ3v) is 9.81. The van der Waals surface area contributed by atoms with Crippen LogP contribution < -0.4 is 5.32 Å². The van der Waals surface area contributed by atoms with Crippen molar-refractivity contribution in [2.75, 3.05) is 5.32 Å². The number of benzene rings is 2. The minimum Gasteiger partial charge on any atom is -0.382 e. The quantitative estimate of drug-likeness (QED) is 0.332. The van der Waals surface area contributed by atoms with E-state index < -0.39 is 26.9 Å². The van der Waals surface area contributed by atoms with Crippen LogP contribution in [0.2, 0.25) is 0 Å². The number of hydrogen-bond acceptors (Lipinski definition) is 4. The molecule has 2 aliphatic rings. The second-order valence-electron chi connectivity index (χ2n) is 9.94. The van der Waals surface area contributed by atoms with E-state index in [1.165, 1.54) is 0 Å². The zero-order chi connectivity index (χ0) is 24.9. The van der Waals surface area contributed by atoms with Crippen molar-refractivity contribution in [2.45, 2.75) is 60.1 Å². The smallest absolute Gasteiger partial charge is 0.255 e. The topological polar surface area (TPSA) is 63.5 Å². The lowest BCUT2D eigenvalue weighted by Gasteiger charge is -2.29. The highest BCUT2D eigenvalue weighted by Gasteiger charge is 2.57. The second kappa shape index (κ2) is 8.69. The molecule has 0 bridgehead atoms. The van der Waals surface area contributed by atoms with E-state index >= 15 is 0 Å². The summed E-state index contributed by atoms with van der Waals surface area (Å²) < 4.78 is 55.1. The first-order chi connectivity index (χ1) is 17.3. The average molecular weight is 508 g/mol. The van der Waals surface area contributed by atoms with Crippen LogP contribution in [-0.4, -0.2) is 35.0 Å². The van der Waals surface area contributed by atoms with Crippen LogP contribution in [0, 0.1) is 0 Å². The molecule has 1 atom stereocenters. The van der Waals surface area contributed by atoms with Crippen LogP contribution in [0.4, 0.5) is 14.5 Å². The molecule has 2 saturated carbocycles. The number of aromatic nitrogens is 2. The maximum Gasteiger partial charge on any atom is 0.255 e. The lowest BCUT2D eigenvalue weighted by atomic mass is 9.94. The number of pyridine rings is 1. The number of sulfone groups is 1. The summed E-state index contributed by atoms with van der Waals surface area (Å²) in [5, 5.41) is 3.05. The molecule has 0 saturated heterocycles. The van der Waals surface area contributed by atoms with Gasteiger partial charge in [-0.15, -0.1) is 0 Å². The molecule has 5 nitrogen and oxygen atoms in total. The molecule has 36 heavy (non-hydrogen) atoms. The molecule has 186 valence electrons. The molecule has 2 fully saturated rings. The summed E-state index contributed by atoms with van der Waals surface area (Å²) >= 11 is 0. The number of nitrogens with zero attached hydrogens (tertiary/aromatic N) is 2. The molecule has 1 unspecified atom stereocenters. The van der Waals surface area contributed by atoms with Crippen LogP contribution in [-0.2, 0) is 9.84 Å². The lowest BCUT2D eigenvalue weighted by molar-refractivity contribution is 0.112. The van der Waals surface area contributed by atoms with Gasteiger partial charge >= 0.3 is 0 Å². The summed E-state index contributed by atoms with van der Waals surface area (Å²) in [6, 6.07) is 18.4. The summed E-state index contributed by atoms with van der Waals surface area (Å²) in [5.41, 5.74) is 4.37. The fourth-order valence-corrected chi connectivity index (χ4v) is 7.05. The monoisotopic (exact) mass is 507 g/mol. The van der Waals surface area contributed by atoms with Gasteiger partial charge in [0, 0.05) is 36.7 Å². The highest BCUT2D eigenvalue weighted by atomic mass is 32.2. The maximum atomic E-state index is 13.3. The van der Waals surface area contributed by atoms with Crippen molar-refractivity contribution in [3.63, 3.8) is 0 Å². The van der Waals surface area contributed by atoms with Crippen molar-refractivity contribution >= 4 is 21.2 Å². The number of fused-ring (bicyclic) bond motifs is 1. The van der Waals surface area contributed by atoms with E-state index in [-0.39, 0.29) is 12.5 Å². The van der Waals surface area contributed by atoms with E-state index in [1.54, 1.807) is 30.5 Å². The van der Waals surface area contributed by atoms with E-state index in [0.717, 1.165) is 35.3 Å². The first kappa shape index (κ1) is 23.2. The Bertz CT molecular complexity index is 1490. The number of rotatable bonds is 6. The van der Waals surface area contributed by atoms with Crippen molar-refractivity contribution in [1.29, 1.82) is 0 Å². The molecule has 0 spiro atoms. The molecule has 1 N–H and O–H groups in total. The predicted molar refractivity (Wildman–Crippen MR) is 136 cm³/mol. The number of imidazole rings is 1. The van der Waals surface area contributed by atoms with Gasteiger partial charge in [0.1, 0.15) is 5.65 Å². The van der Waals surface area contributed by atoms with E-state index in [9.17, 15) is 17.2 Å². The summed E-state index contributed by atoms with van der Waals surface area (Å²) in [6.07, 6.45) is 8.21. The molecule has 8 heteroatoms. The molecular formula is C28H27F2N3O2S. The predicted octanol–water partition coefficient (Wildman–Crippen LogP) is 6.32. The van der Waals surface area contributed by atoms with Gasteiger partial charge in [-0.25, -0.2) is 22.2 Å². The van der Waals surface area contributed by atoms with Crippen LogP contribution in [0.25, 0.3) is 16.8 Å². The molecular weight excluding hydrogens is 480 g/mol. The van der Waals surface area contributed by atoms with E-state index in [2.05, 4.69) is 10.3 Å². The third kappa shape index (κ3) is 4.39. The van der Waals surface area contributed by atoms with E-state index in [4.69, 9.17) is 0 Å². The Hall–Kier alpha value is -3.26. The third-order valence-electron chi connectivity index (χ3n) is 7.53. The maximum absolute atomic E-state index is 13.3. The fraction of sp³-hybridized carbons (Fsp3) is 0.321. The number of hydrogen-bond donors (Lipinski definition) is 1. The van der Waals surface area contributed by atoms with Crippen LogP contribution in [0.3, 0.4) is 0 Å². The van der Waals surface area contributed by atoms with Crippen molar-refractivity contribution in [3.8, 4) is 11.1 Å². The second-order valence-corrected chi connectivity index (χ2v) is 12.2. The average Bonchev–Trinajstić information content (AvgIpc) is 3.29. The Kier molecular flexibility index (Phi) is 5.59. The van der Waals surface area contributed by atoms with E-state index in [0.29, 0.717) is 23.3 Å². The largest absolute Gasteiger partial charge is 0.382 e. The van der Waals surface area contributed by atoms with Gasteiger partial charge in [0.15, 0.2) is 9.84 Å². The van der Waals surface area contributed by atoms with E-state index in [1.807, 2.05) is 53.2 Å². The van der Waals surface area contributed by atoms with Crippen LogP contribution in [0.15, 0.2) is 84.1 Å². The zero-order valence-electron chi connectivity index (χ0n) is 19.6. The molecule has 2 aromatic heterocycles. The number of halogens is 2. The van der Waals surface area contributed by atoms with Gasteiger partial charge in [-0.2, -0.15) is 0 Å². The standard InChI is InChI=1S/C28H27F2N3O2S/c29-28(30)17-26(28)20-1-6-22(7-2-20)32-23-8-12-25(13-9-23)36(34,35)24-10-3-19(4-11-24)21-5-14-27-31-15-16-33(27)18-21/h1-7,10-11,14-16,18,23,25-26,32H,8-9,12-13,17H2. The Balaban J connectivity index is 1.07. The van der Waals surface area contributed by atoms with Crippen LogP contribution in [0.5, 0.6) is 0 Å². The number of nitrogens with one attached hydrogen (secondary N) is 1. The van der Waals surface area contributed by atoms with Crippen LogP contribution in [0.1, 0.15) is 43.6 Å². The highest BCUT2D eigenvalue weighted by molar-refractivity contribution is 7.92. The zero-order valence-corrected chi connectivity index (χ0v) is 20.5. The first-order valence-electron chi connectivity index (χ1n) is 12.3. The van der Waals surface area contributed by atoms with Crippen molar-refractivity contribution in [1.82, 2.24) is 9.38 Å². The molecule has 6 rings (SSSR count). The van der Waals surface area contributed by atoms with Gasteiger partial charge in [0.25, 0.3) is 5.92 Å². The summed E-state index contributed by atoms with van der Waals surface area (Å²) in [6.45, 7) is 0. The lowest BCUT2D eigenvalue weighted by Crippen LogP contribution is -2.32. The molecule has 2 aromatic carbocycles. The van der Waals surface area contributed by atoms with Gasteiger partial charge < -0.3 is 9.72 Å². The highest BCUT2D eigenvalue weighted by Crippen LogP contribution is 2.55. The summed E-state index contributed by atoms with van der Waals surface area (Å²) in [4.78, 5) is 4.61. The molecule has 2 aliphatic carbocycles. The van der Waals surface area contributed by atoms with Crippen molar-refractivity contribution in [2.24, 2.45) is 0 Å². The molecule has 4 aromatic rings. The molecule has 0 amide bonds. The Morgan fingerprint density at radius 2 is 1.56 bits per heavy atom. The number of alkyl halides is 2. The first-order valence-corrected chi connectivity index (χ1v) is 13.9. The SMILES string of the molecule is O=S(=O)(c1ccc(-c2ccc3nccn3c2)cc1)C1CCC(Nc2ccc(C3CC3(F)F)cc2)CC1. The Labute approximate surface area is 209 Å². The summed E-state index contributed by atoms with van der Waals surface area (Å²) in [7, 11) is -3.42. The van der Waals surface area contributed by atoms with Gasteiger partial charge in [-0.3, -0.25) is 0 Å². The Morgan fingerprint density at radius 3 is 2.22 bits per heavy atom. The number of anilines is 1. The fourth-order valence-electron chi connectivity index (χ4n) is 5.26. The van der Waals surface area contributed by atoms with Gasteiger partial charge in [-0.1, -0.05) is 24.3 Å². The molecule has 0 radical (unpaired) electrons. The minimum absolute atomic E-state index is 0.0672. The van der Waals surface area contributed by atoms with Gasteiger partial charge in [0.2, 0.25) is 0 Å². The van der Waals surface area contributed by atoms with Gasteiger partial charge in [-0.05, 0) is 78.8 Å². The van der Waals surface area contributed by atoms with Gasteiger partial charge in [0.05, 0.1) is 16.1 Å². The van der Waals surface area contributed by atoms with Crippen molar-refractivity contribution < 1.29 is 17.2 Å². The van der Waals surface area contributed by atoms with Crippen LogP contribution >= 0.6 is 0 Å². The summed E-state index contributed by atoms with van der Waals surface area (Å²) in [5.74, 6) is -3.21. The molecule has 2 heterocycles. The minimum atomic E-state index is -3.42.